The van der Waals surface area contributed by atoms with Gasteiger partial charge in [0.2, 0.25) is 0 Å². The molecule has 1 rings (SSSR count). The first-order valence-electron chi connectivity index (χ1n) is 5.39. The second kappa shape index (κ2) is 5.89. The Hall–Kier alpha value is -0.860. The van der Waals surface area contributed by atoms with Gasteiger partial charge in [0, 0.05) is 13.7 Å². The highest BCUT2D eigenvalue weighted by Crippen LogP contribution is 2.20. The van der Waals surface area contributed by atoms with Gasteiger partial charge >= 0.3 is 0 Å². The first-order chi connectivity index (χ1) is 7.15. The second-order valence-electron chi connectivity index (χ2n) is 3.99. The van der Waals surface area contributed by atoms with Crippen molar-refractivity contribution in [1.29, 1.82) is 0 Å². The van der Waals surface area contributed by atoms with E-state index in [1.807, 2.05) is 6.07 Å². The van der Waals surface area contributed by atoms with E-state index in [-0.39, 0.29) is 6.10 Å². The molecule has 0 fully saturated rings. The number of hydrogen-bond donors (Lipinski definition) is 1. The molecule has 1 aromatic carbocycles. The molecule has 84 valence electrons. The van der Waals surface area contributed by atoms with Gasteiger partial charge in [-0.05, 0) is 43.4 Å². The van der Waals surface area contributed by atoms with Gasteiger partial charge < -0.3 is 9.84 Å². The van der Waals surface area contributed by atoms with Gasteiger partial charge in [0.25, 0.3) is 0 Å². The third kappa shape index (κ3) is 3.65. The van der Waals surface area contributed by atoms with Crippen molar-refractivity contribution in [2.45, 2.75) is 32.8 Å². The molecule has 0 heterocycles. The van der Waals surface area contributed by atoms with Crippen LogP contribution in [0.4, 0.5) is 0 Å². The largest absolute Gasteiger partial charge is 0.388 e. The zero-order valence-electron chi connectivity index (χ0n) is 9.79. The van der Waals surface area contributed by atoms with E-state index in [4.69, 9.17) is 4.74 Å². The zero-order valence-corrected chi connectivity index (χ0v) is 9.79. The molecule has 2 heteroatoms. The summed E-state index contributed by atoms with van der Waals surface area (Å²) in [6.07, 6.45) is 1.29. The Labute approximate surface area is 91.9 Å². The Morgan fingerprint density at radius 3 is 2.60 bits per heavy atom. The van der Waals surface area contributed by atoms with Gasteiger partial charge in [-0.15, -0.1) is 0 Å². The lowest BCUT2D eigenvalue weighted by molar-refractivity contribution is 0.136. The fraction of sp³-hybridized carbons (Fsp3) is 0.538. The molecule has 0 saturated carbocycles. The fourth-order valence-corrected chi connectivity index (χ4v) is 1.56. The molecular formula is C13H20O2. The molecule has 0 aliphatic rings. The SMILES string of the molecule is COCCCC(O)c1ccc(C)c(C)c1. The van der Waals surface area contributed by atoms with E-state index in [0.29, 0.717) is 6.61 Å². The first-order valence-corrected chi connectivity index (χ1v) is 5.39. The summed E-state index contributed by atoms with van der Waals surface area (Å²) in [5, 5.41) is 9.91. The van der Waals surface area contributed by atoms with Gasteiger partial charge in [0.1, 0.15) is 0 Å². The van der Waals surface area contributed by atoms with Crippen LogP contribution in [0, 0.1) is 13.8 Å². The van der Waals surface area contributed by atoms with Crippen LogP contribution in [0.5, 0.6) is 0 Å². The summed E-state index contributed by atoms with van der Waals surface area (Å²) >= 11 is 0. The number of aliphatic hydroxyl groups is 1. The highest BCUT2D eigenvalue weighted by atomic mass is 16.5. The number of aryl methyl sites for hydroxylation is 2. The maximum Gasteiger partial charge on any atom is 0.0791 e. The van der Waals surface area contributed by atoms with E-state index in [9.17, 15) is 5.11 Å². The molecule has 0 aliphatic carbocycles. The lowest BCUT2D eigenvalue weighted by Crippen LogP contribution is -2.00. The summed E-state index contributed by atoms with van der Waals surface area (Å²) in [5.41, 5.74) is 3.51. The number of benzene rings is 1. The summed E-state index contributed by atoms with van der Waals surface area (Å²) in [7, 11) is 1.68. The molecule has 0 saturated heterocycles. The molecule has 1 aromatic rings. The van der Waals surface area contributed by atoms with Crippen LogP contribution in [-0.2, 0) is 4.74 Å². The number of hydrogen-bond acceptors (Lipinski definition) is 2. The number of rotatable bonds is 5. The highest BCUT2D eigenvalue weighted by molar-refractivity contribution is 5.30. The minimum absolute atomic E-state index is 0.362. The van der Waals surface area contributed by atoms with E-state index in [1.54, 1.807) is 7.11 Å². The predicted octanol–water partition coefficient (Wildman–Crippen LogP) is 2.76. The monoisotopic (exact) mass is 208 g/mol. The minimum Gasteiger partial charge on any atom is -0.388 e. The molecule has 1 unspecified atom stereocenters. The number of ether oxygens (including phenoxy) is 1. The molecule has 0 aromatic heterocycles. The van der Waals surface area contributed by atoms with Crippen LogP contribution in [-0.4, -0.2) is 18.8 Å². The van der Waals surface area contributed by atoms with Gasteiger partial charge in [-0.1, -0.05) is 18.2 Å². The summed E-state index contributed by atoms with van der Waals surface area (Å²) in [6, 6.07) is 6.12. The molecule has 0 radical (unpaired) electrons. The van der Waals surface area contributed by atoms with Crippen molar-refractivity contribution in [3.63, 3.8) is 0 Å². The van der Waals surface area contributed by atoms with E-state index in [2.05, 4.69) is 26.0 Å². The average Bonchev–Trinajstić information content (AvgIpc) is 2.22. The molecule has 1 atom stereocenters. The summed E-state index contributed by atoms with van der Waals surface area (Å²) in [6.45, 7) is 4.86. The smallest absolute Gasteiger partial charge is 0.0791 e. The molecule has 0 aliphatic heterocycles. The lowest BCUT2D eigenvalue weighted by Gasteiger charge is -2.12. The molecule has 0 spiro atoms. The topological polar surface area (TPSA) is 29.5 Å². The van der Waals surface area contributed by atoms with Crippen molar-refractivity contribution >= 4 is 0 Å². The van der Waals surface area contributed by atoms with Crippen molar-refractivity contribution in [3.8, 4) is 0 Å². The lowest BCUT2D eigenvalue weighted by atomic mass is 10.0. The Morgan fingerprint density at radius 1 is 1.27 bits per heavy atom. The van der Waals surface area contributed by atoms with Crippen LogP contribution < -0.4 is 0 Å². The quantitative estimate of drug-likeness (QED) is 0.754. The number of methoxy groups -OCH3 is 1. The Bertz CT molecular complexity index is 307. The molecule has 0 amide bonds. The Balaban J connectivity index is 2.57. The molecule has 2 nitrogen and oxygen atoms in total. The van der Waals surface area contributed by atoms with Crippen LogP contribution in [0.1, 0.15) is 35.6 Å². The van der Waals surface area contributed by atoms with Crippen molar-refractivity contribution in [1.82, 2.24) is 0 Å². The van der Waals surface area contributed by atoms with Crippen molar-refractivity contribution in [2.24, 2.45) is 0 Å². The van der Waals surface area contributed by atoms with Crippen LogP contribution in [0.2, 0.25) is 0 Å². The summed E-state index contributed by atoms with van der Waals surface area (Å²) in [4.78, 5) is 0. The molecular weight excluding hydrogens is 188 g/mol. The van der Waals surface area contributed by atoms with Gasteiger partial charge in [0.15, 0.2) is 0 Å². The Kier molecular flexibility index (Phi) is 4.79. The maximum absolute atomic E-state index is 9.91. The van der Waals surface area contributed by atoms with E-state index in [0.717, 1.165) is 18.4 Å². The maximum atomic E-state index is 9.91. The van der Waals surface area contributed by atoms with E-state index >= 15 is 0 Å². The summed E-state index contributed by atoms with van der Waals surface area (Å²) in [5.74, 6) is 0. The van der Waals surface area contributed by atoms with Gasteiger partial charge in [-0.2, -0.15) is 0 Å². The third-order valence-electron chi connectivity index (χ3n) is 2.74. The minimum atomic E-state index is -0.362. The highest BCUT2D eigenvalue weighted by Gasteiger charge is 2.07. The predicted molar refractivity (Wildman–Crippen MR) is 62.0 cm³/mol. The molecule has 15 heavy (non-hydrogen) atoms. The van der Waals surface area contributed by atoms with Crippen molar-refractivity contribution in [2.75, 3.05) is 13.7 Å². The Morgan fingerprint density at radius 2 is 2.00 bits per heavy atom. The van der Waals surface area contributed by atoms with Crippen molar-refractivity contribution < 1.29 is 9.84 Å². The average molecular weight is 208 g/mol. The molecule has 1 N–H and O–H groups in total. The van der Waals surface area contributed by atoms with Crippen LogP contribution >= 0.6 is 0 Å². The van der Waals surface area contributed by atoms with E-state index in [1.165, 1.54) is 11.1 Å². The van der Waals surface area contributed by atoms with Crippen molar-refractivity contribution in [3.05, 3.63) is 34.9 Å². The normalized spacial score (nSPS) is 12.8. The van der Waals surface area contributed by atoms with Gasteiger partial charge in [0.05, 0.1) is 6.10 Å². The van der Waals surface area contributed by atoms with Crippen LogP contribution in [0.15, 0.2) is 18.2 Å². The number of aliphatic hydroxyl groups excluding tert-OH is 1. The van der Waals surface area contributed by atoms with Crippen LogP contribution in [0.3, 0.4) is 0 Å². The molecule has 0 bridgehead atoms. The summed E-state index contributed by atoms with van der Waals surface area (Å²) < 4.78 is 4.96. The van der Waals surface area contributed by atoms with Gasteiger partial charge in [-0.3, -0.25) is 0 Å². The van der Waals surface area contributed by atoms with Crippen LogP contribution in [0.25, 0.3) is 0 Å². The van der Waals surface area contributed by atoms with Gasteiger partial charge in [-0.25, -0.2) is 0 Å². The third-order valence-corrected chi connectivity index (χ3v) is 2.74. The van der Waals surface area contributed by atoms with E-state index < -0.39 is 0 Å². The first kappa shape index (κ1) is 12.2. The second-order valence-corrected chi connectivity index (χ2v) is 3.99. The standard InChI is InChI=1S/C13H20O2/c1-10-6-7-12(9-11(10)2)13(14)5-4-8-15-3/h6-7,9,13-14H,4-5,8H2,1-3H3. The fourth-order valence-electron chi connectivity index (χ4n) is 1.56. The zero-order chi connectivity index (χ0) is 11.3.